The second kappa shape index (κ2) is 3.10. The van der Waals surface area contributed by atoms with Gasteiger partial charge in [-0.1, -0.05) is 0 Å². The van der Waals surface area contributed by atoms with Crippen molar-refractivity contribution in [3.8, 4) is 0 Å². The van der Waals surface area contributed by atoms with E-state index in [1.807, 2.05) is 0 Å². The van der Waals surface area contributed by atoms with Gasteiger partial charge in [0.1, 0.15) is 0 Å². The number of carbonyl (C=O) groups excluding carboxylic acids is 2. The zero-order valence-corrected chi connectivity index (χ0v) is 7.02. The lowest BCUT2D eigenvalue weighted by Gasteiger charge is -2.39. The molecule has 0 aromatic heterocycles. The van der Waals surface area contributed by atoms with Gasteiger partial charge in [0, 0.05) is 0 Å². The largest absolute Gasteiger partial charge is 0.351 e. The van der Waals surface area contributed by atoms with E-state index in [0.29, 0.717) is 0 Å². The first kappa shape index (κ1) is 8.99. The summed E-state index contributed by atoms with van der Waals surface area (Å²) in [6, 6.07) is -0.790. The van der Waals surface area contributed by atoms with Crippen molar-refractivity contribution >= 4 is 11.9 Å². The van der Waals surface area contributed by atoms with Crippen molar-refractivity contribution in [1.29, 1.82) is 0 Å². The van der Waals surface area contributed by atoms with Crippen LogP contribution in [-0.4, -0.2) is 24.5 Å². The molecule has 0 saturated heterocycles. The Kier molecular flexibility index (Phi) is 2.32. The van der Waals surface area contributed by atoms with Crippen LogP contribution in [-0.2, 0) is 4.79 Å². The SMILES string of the molecule is CNC1(C(=O)NC(N)=O)CCC1. The molecule has 0 aromatic carbocycles. The molecule has 0 radical (unpaired) electrons. The minimum Gasteiger partial charge on any atom is -0.351 e. The van der Waals surface area contributed by atoms with Gasteiger partial charge in [-0.3, -0.25) is 10.1 Å². The number of nitrogens with one attached hydrogen (secondary N) is 2. The third-order valence-corrected chi connectivity index (χ3v) is 2.36. The van der Waals surface area contributed by atoms with E-state index >= 15 is 0 Å². The van der Waals surface area contributed by atoms with Crippen molar-refractivity contribution in [2.75, 3.05) is 7.05 Å². The van der Waals surface area contributed by atoms with Crippen molar-refractivity contribution in [3.05, 3.63) is 0 Å². The Bertz CT molecular complexity index is 205. The van der Waals surface area contributed by atoms with Gasteiger partial charge in [-0.25, -0.2) is 4.79 Å². The van der Waals surface area contributed by atoms with E-state index in [9.17, 15) is 9.59 Å². The molecule has 4 N–H and O–H groups in total. The highest BCUT2D eigenvalue weighted by Crippen LogP contribution is 2.31. The molecule has 1 aliphatic carbocycles. The van der Waals surface area contributed by atoms with Crippen molar-refractivity contribution in [1.82, 2.24) is 10.6 Å². The predicted molar refractivity (Wildman–Crippen MR) is 43.4 cm³/mol. The third kappa shape index (κ3) is 1.40. The highest BCUT2D eigenvalue weighted by atomic mass is 16.2. The number of urea groups is 1. The van der Waals surface area contributed by atoms with Crippen LogP contribution in [0.2, 0.25) is 0 Å². The van der Waals surface area contributed by atoms with Crippen LogP contribution in [0.4, 0.5) is 4.79 Å². The van der Waals surface area contributed by atoms with Gasteiger partial charge in [0.15, 0.2) is 0 Å². The van der Waals surface area contributed by atoms with E-state index in [1.54, 1.807) is 7.05 Å². The van der Waals surface area contributed by atoms with Gasteiger partial charge < -0.3 is 11.1 Å². The number of nitrogens with two attached hydrogens (primary N) is 1. The quantitative estimate of drug-likeness (QED) is 0.515. The minimum atomic E-state index is -0.790. The molecule has 0 aliphatic heterocycles. The van der Waals surface area contributed by atoms with Crippen molar-refractivity contribution < 1.29 is 9.59 Å². The van der Waals surface area contributed by atoms with Gasteiger partial charge in [-0.05, 0) is 26.3 Å². The second-order valence-corrected chi connectivity index (χ2v) is 3.00. The molecule has 1 fully saturated rings. The predicted octanol–water partition coefficient (Wildman–Crippen LogP) is -0.677. The molecule has 1 saturated carbocycles. The monoisotopic (exact) mass is 171 g/mol. The molecule has 0 spiro atoms. The number of rotatable bonds is 2. The average Bonchev–Trinajstić information content (AvgIpc) is 1.83. The van der Waals surface area contributed by atoms with Crippen molar-refractivity contribution in [2.45, 2.75) is 24.8 Å². The topological polar surface area (TPSA) is 84.2 Å². The maximum atomic E-state index is 11.3. The van der Waals surface area contributed by atoms with E-state index in [1.165, 1.54) is 0 Å². The number of likely N-dealkylation sites (N-methyl/N-ethyl adjacent to an activating group) is 1. The standard InChI is InChI=1S/C7H13N3O2/c1-9-7(3-2-4-7)5(11)10-6(8)12/h9H,2-4H2,1H3,(H3,8,10,11,12). The summed E-state index contributed by atoms with van der Waals surface area (Å²) in [4.78, 5) is 21.7. The molecule has 5 heteroatoms. The van der Waals surface area contributed by atoms with Gasteiger partial charge in [0.25, 0.3) is 0 Å². The molecule has 0 aromatic rings. The molecule has 0 unspecified atom stereocenters. The molecule has 1 aliphatic rings. The van der Waals surface area contributed by atoms with Crippen molar-refractivity contribution in [2.24, 2.45) is 5.73 Å². The Morgan fingerprint density at radius 3 is 2.25 bits per heavy atom. The van der Waals surface area contributed by atoms with Gasteiger partial charge in [-0.15, -0.1) is 0 Å². The number of primary amides is 1. The molecular weight excluding hydrogens is 158 g/mol. The average molecular weight is 171 g/mol. The summed E-state index contributed by atoms with van der Waals surface area (Å²) in [5.74, 6) is -0.316. The summed E-state index contributed by atoms with van der Waals surface area (Å²) in [5, 5.41) is 4.97. The van der Waals surface area contributed by atoms with E-state index in [-0.39, 0.29) is 5.91 Å². The Balaban J connectivity index is 2.55. The van der Waals surface area contributed by atoms with Crippen LogP contribution in [0.5, 0.6) is 0 Å². The maximum absolute atomic E-state index is 11.3. The molecule has 3 amide bonds. The smallest absolute Gasteiger partial charge is 0.318 e. The summed E-state index contributed by atoms with van der Waals surface area (Å²) in [5.41, 5.74) is 4.28. The van der Waals surface area contributed by atoms with E-state index in [4.69, 9.17) is 5.73 Å². The highest BCUT2D eigenvalue weighted by Gasteiger charge is 2.42. The third-order valence-electron chi connectivity index (χ3n) is 2.36. The fraction of sp³-hybridized carbons (Fsp3) is 0.714. The van der Waals surface area contributed by atoms with Crippen LogP contribution >= 0.6 is 0 Å². The Hall–Kier alpha value is -1.10. The number of amides is 3. The number of hydrogen-bond donors (Lipinski definition) is 3. The molecule has 1 rings (SSSR count). The number of hydrogen-bond acceptors (Lipinski definition) is 3. The van der Waals surface area contributed by atoms with Gasteiger partial charge in [-0.2, -0.15) is 0 Å². The van der Waals surface area contributed by atoms with E-state index in [2.05, 4.69) is 10.6 Å². The summed E-state index contributed by atoms with van der Waals surface area (Å²) < 4.78 is 0. The lowest BCUT2D eigenvalue weighted by Crippen LogP contribution is -2.61. The minimum absolute atomic E-state index is 0.316. The van der Waals surface area contributed by atoms with Gasteiger partial charge in [0.05, 0.1) is 5.54 Å². The Morgan fingerprint density at radius 1 is 1.42 bits per heavy atom. The second-order valence-electron chi connectivity index (χ2n) is 3.00. The van der Waals surface area contributed by atoms with Gasteiger partial charge in [0.2, 0.25) is 5.91 Å². The van der Waals surface area contributed by atoms with Crippen LogP contribution in [0.15, 0.2) is 0 Å². The normalized spacial score (nSPS) is 19.4. The van der Waals surface area contributed by atoms with Crippen LogP contribution in [0.1, 0.15) is 19.3 Å². The van der Waals surface area contributed by atoms with Crippen LogP contribution in [0.25, 0.3) is 0 Å². The zero-order valence-electron chi connectivity index (χ0n) is 7.02. The molecule has 5 nitrogen and oxygen atoms in total. The summed E-state index contributed by atoms with van der Waals surface area (Å²) in [7, 11) is 1.71. The lowest BCUT2D eigenvalue weighted by molar-refractivity contribution is -0.129. The summed E-state index contributed by atoms with van der Waals surface area (Å²) >= 11 is 0. The van der Waals surface area contributed by atoms with Crippen molar-refractivity contribution in [3.63, 3.8) is 0 Å². The Morgan fingerprint density at radius 2 is 2.00 bits per heavy atom. The fourth-order valence-corrected chi connectivity index (χ4v) is 1.35. The Labute approximate surface area is 70.7 Å². The number of imide groups is 1. The summed E-state index contributed by atoms with van der Waals surface area (Å²) in [6.07, 6.45) is 2.54. The molecule has 68 valence electrons. The molecule has 0 atom stereocenters. The fourth-order valence-electron chi connectivity index (χ4n) is 1.35. The first-order valence-electron chi connectivity index (χ1n) is 3.90. The molecule has 12 heavy (non-hydrogen) atoms. The summed E-state index contributed by atoms with van der Waals surface area (Å²) in [6.45, 7) is 0. The van der Waals surface area contributed by atoms with E-state index in [0.717, 1.165) is 19.3 Å². The first-order chi connectivity index (χ1) is 5.60. The van der Waals surface area contributed by atoms with Crippen LogP contribution < -0.4 is 16.4 Å². The molecule has 0 bridgehead atoms. The first-order valence-corrected chi connectivity index (χ1v) is 3.90. The maximum Gasteiger partial charge on any atom is 0.318 e. The van der Waals surface area contributed by atoms with E-state index < -0.39 is 11.6 Å². The molecular formula is C7H13N3O2. The zero-order chi connectivity index (χ0) is 9.19. The highest BCUT2D eigenvalue weighted by molar-refractivity contribution is 5.99. The van der Waals surface area contributed by atoms with Crippen LogP contribution in [0, 0.1) is 0 Å². The lowest BCUT2D eigenvalue weighted by atomic mass is 9.76. The molecule has 0 heterocycles. The number of carbonyl (C=O) groups is 2. The van der Waals surface area contributed by atoms with Crippen LogP contribution in [0.3, 0.4) is 0 Å². The van der Waals surface area contributed by atoms with Gasteiger partial charge >= 0.3 is 6.03 Å².